The second-order valence-electron chi connectivity index (χ2n) is 5.18. The van der Waals surface area contributed by atoms with Gasteiger partial charge in [-0.05, 0) is 25.1 Å². The number of carbonyl (C=O) groups is 2. The maximum absolute atomic E-state index is 12.7. The molecule has 1 saturated heterocycles. The molecule has 1 N–H and O–H groups in total. The van der Waals surface area contributed by atoms with Crippen molar-refractivity contribution < 1.29 is 28.9 Å². The fraction of sp³-hybridized carbons (Fsp3) is 0.500. The van der Waals surface area contributed by atoms with Crippen LogP contribution in [0.5, 0.6) is 11.5 Å². The number of amides is 1. The number of nitrogens with zero attached hydrogens (tertiary/aromatic N) is 1. The number of aliphatic hydroxyl groups excluding tert-OH is 1. The fourth-order valence-electron chi connectivity index (χ4n) is 2.64. The number of benzene rings is 1. The van der Waals surface area contributed by atoms with Crippen LogP contribution in [-0.2, 0) is 9.53 Å². The van der Waals surface area contributed by atoms with E-state index in [1.165, 1.54) is 19.1 Å². The number of β-amino-alcohol motifs (C(OH)–C–C–N with tert-alkyl or cyclic N) is 1. The van der Waals surface area contributed by atoms with Gasteiger partial charge in [-0.3, -0.25) is 4.79 Å². The zero-order chi connectivity index (χ0) is 17.0. The van der Waals surface area contributed by atoms with Crippen molar-refractivity contribution in [1.29, 1.82) is 0 Å². The summed E-state index contributed by atoms with van der Waals surface area (Å²) in [5.74, 6) is 0.0664. The second-order valence-corrected chi connectivity index (χ2v) is 5.18. The predicted octanol–water partition coefficient (Wildman–Crippen LogP) is 0.842. The number of esters is 1. The van der Waals surface area contributed by atoms with Gasteiger partial charge in [0.05, 0.1) is 26.9 Å². The lowest BCUT2D eigenvalue weighted by atomic mass is 10.1. The largest absolute Gasteiger partial charge is 0.493 e. The molecule has 0 aromatic heterocycles. The van der Waals surface area contributed by atoms with Crippen LogP contribution in [0.3, 0.4) is 0 Å². The van der Waals surface area contributed by atoms with Gasteiger partial charge in [0, 0.05) is 18.5 Å². The number of hydrogen-bond donors (Lipinski definition) is 1. The SMILES string of the molecule is CCOC(=O)C1CC(O)CN1C(=O)c1ccc(OC)c(OC)c1. The second kappa shape index (κ2) is 7.32. The molecule has 0 saturated carbocycles. The minimum atomic E-state index is -0.773. The van der Waals surface area contributed by atoms with Crippen molar-refractivity contribution >= 4 is 11.9 Å². The topological polar surface area (TPSA) is 85.3 Å². The molecule has 2 unspecified atom stereocenters. The number of likely N-dealkylation sites (tertiary alicyclic amines) is 1. The molecule has 1 aromatic carbocycles. The van der Waals surface area contributed by atoms with E-state index >= 15 is 0 Å². The highest BCUT2D eigenvalue weighted by Gasteiger charge is 2.40. The molecule has 0 radical (unpaired) electrons. The Morgan fingerprint density at radius 3 is 2.57 bits per heavy atom. The summed E-state index contributed by atoms with van der Waals surface area (Å²) >= 11 is 0. The van der Waals surface area contributed by atoms with Crippen LogP contribution >= 0.6 is 0 Å². The van der Waals surface area contributed by atoms with Gasteiger partial charge in [-0.2, -0.15) is 0 Å². The van der Waals surface area contributed by atoms with Crippen LogP contribution in [0, 0.1) is 0 Å². The summed E-state index contributed by atoms with van der Waals surface area (Å²) in [5, 5.41) is 9.82. The van der Waals surface area contributed by atoms with E-state index in [9.17, 15) is 14.7 Å². The van der Waals surface area contributed by atoms with Crippen LogP contribution < -0.4 is 9.47 Å². The number of aliphatic hydroxyl groups is 1. The van der Waals surface area contributed by atoms with E-state index < -0.39 is 18.1 Å². The van der Waals surface area contributed by atoms with Crippen molar-refractivity contribution in [3.05, 3.63) is 23.8 Å². The Bertz CT molecular complexity index is 588. The monoisotopic (exact) mass is 323 g/mol. The molecule has 1 heterocycles. The van der Waals surface area contributed by atoms with E-state index in [2.05, 4.69) is 0 Å². The molecule has 2 rings (SSSR count). The molecule has 0 spiro atoms. The first-order valence-corrected chi connectivity index (χ1v) is 7.39. The lowest BCUT2D eigenvalue weighted by Crippen LogP contribution is -2.41. The first-order valence-electron chi connectivity index (χ1n) is 7.39. The van der Waals surface area contributed by atoms with E-state index in [-0.39, 0.29) is 25.5 Å². The average molecular weight is 323 g/mol. The summed E-state index contributed by atoms with van der Waals surface area (Å²) in [7, 11) is 2.99. The lowest BCUT2D eigenvalue weighted by molar-refractivity contribution is -0.147. The highest BCUT2D eigenvalue weighted by molar-refractivity contribution is 5.97. The van der Waals surface area contributed by atoms with Crippen molar-refractivity contribution in [2.45, 2.75) is 25.5 Å². The summed E-state index contributed by atoms with van der Waals surface area (Å²) in [6.07, 6.45) is -0.564. The Morgan fingerprint density at radius 2 is 1.96 bits per heavy atom. The van der Waals surface area contributed by atoms with Gasteiger partial charge in [-0.1, -0.05) is 0 Å². The van der Waals surface area contributed by atoms with Crippen LogP contribution in [-0.4, -0.2) is 61.4 Å². The Kier molecular flexibility index (Phi) is 5.44. The van der Waals surface area contributed by atoms with Crippen LogP contribution in [0.15, 0.2) is 18.2 Å². The summed E-state index contributed by atoms with van der Waals surface area (Å²) in [5.41, 5.74) is 0.353. The third-order valence-electron chi connectivity index (χ3n) is 3.73. The molecule has 1 amide bonds. The minimum absolute atomic E-state index is 0.0939. The number of rotatable bonds is 5. The summed E-state index contributed by atoms with van der Waals surface area (Å²) < 4.78 is 15.3. The van der Waals surface area contributed by atoms with Gasteiger partial charge in [0.2, 0.25) is 0 Å². The standard InChI is InChI=1S/C16H21NO6/c1-4-23-16(20)12-8-11(18)9-17(12)15(19)10-5-6-13(21-2)14(7-10)22-3/h5-7,11-12,18H,4,8-9H2,1-3H3. The number of methoxy groups -OCH3 is 2. The molecule has 1 aliphatic heterocycles. The number of carbonyl (C=O) groups excluding carboxylic acids is 2. The highest BCUT2D eigenvalue weighted by Crippen LogP contribution is 2.29. The van der Waals surface area contributed by atoms with Gasteiger partial charge in [0.25, 0.3) is 5.91 Å². The van der Waals surface area contributed by atoms with Crippen molar-refractivity contribution in [3.8, 4) is 11.5 Å². The molecular formula is C16H21NO6. The van der Waals surface area contributed by atoms with E-state index in [0.29, 0.717) is 17.1 Å². The predicted molar refractivity (Wildman–Crippen MR) is 81.6 cm³/mol. The van der Waals surface area contributed by atoms with Crippen molar-refractivity contribution in [3.63, 3.8) is 0 Å². The maximum atomic E-state index is 12.7. The maximum Gasteiger partial charge on any atom is 0.328 e. The Morgan fingerprint density at radius 1 is 1.26 bits per heavy atom. The normalized spacial score (nSPS) is 20.3. The van der Waals surface area contributed by atoms with Gasteiger partial charge in [-0.15, -0.1) is 0 Å². The van der Waals surface area contributed by atoms with E-state index in [1.807, 2.05) is 0 Å². The van der Waals surface area contributed by atoms with Crippen molar-refractivity contribution in [2.24, 2.45) is 0 Å². The van der Waals surface area contributed by atoms with E-state index in [0.717, 1.165) is 0 Å². The lowest BCUT2D eigenvalue weighted by Gasteiger charge is -2.23. The van der Waals surface area contributed by atoms with Crippen molar-refractivity contribution in [2.75, 3.05) is 27.4 Å². The molecule has 7 heteroatoms. The van der Waals surface area contributed by atoms with Gasteiger partial charge < -0.3 is 24.2 Å². The third kappa shape index (κ3) is 3.56. The van der Waals surface area contributed by atoms with Crippen LogP contribution in [0.1, 0.15) is 23.7 Å². The number of hydrogen-bond acceptors (Lipinski definition) is 6. The smallest absolute Gasteiger partial charge is 0.328 e. The fourth-order valence-corrected chi connectivity index (χ4v) is 2.64. The van der Waals surface area contributed by atoms with Gasteiger partial charge in [-0.25, -0.2) is 4.79 Å². The molecule has 1 aromatic rings. The number of ether oxygens (including phenoxy) is 3. The molecule has 1 aliphatic rings. The zero-order valence-corrected chi connectivity index (χ0v) is 13.4. The van der Waals surface area contributed by atoms with Crippen LogP contribution in [0.25, 0.3) is 0 Å². The highest BCUT2D eigenvalue weighted by atomic mass is 16.5. The molecular weight excluding hydrogens is 302 g/mol. The molecule has 23 heavy (non-hydrogen) atoms. The first-order chi connectivity index (χ1) is 11.0. The molecule has 126 valence electrons. The van der Waals surface area contributed by atoms with Crippen molar-refractivity contribution in [1.82, 2.24) is 4.90 Å². The Hall–Kier alpha value is -2.28. The third-order valence-corrected chi connectivity index (χ3v) is 3.73. The van der Waals surface area contributed by atoms with Crippen LogP contribution in [0.4, 0.5) is 0 Å². The summed E-state index contributed by atoms with van der Waals surface area (Å²) in [6.45, 7) is 2.02. The average Bonchev–Trinajstić information content (AvgIpc) is 2.95. The minimum Gasteiger partial charge on any atom is -0.493 e. The summed E-state index contributed by atoms with van der Waals surface area (Å²) in [4.78, 5) is 26.0. The molecule has 7 nitrogen and oxygen atoms in total. The van der Waals surface area contributed by atoms with Crippen LogP contribution in [0.2, 0.25) is 0 Å². The molecule has 1 fully saturated rings. The quantitative estimate of drug-likeness (QED) is 0.808. The molecule has 0 aliphatic carbocycles. The van der Waals surface area contributed by atoms with E-state index in [1.54, 1.807) is 25.1 Å². The Balaban J connectivity index is 2.25. The van der Waals surface area contributed by atoms with Gasteiger partial charge in [0.1, 0.15) is 6.04 Å². The molecule has 0 bridgehead atoms. The molecule has 2 atom stereocenters. The zero-order valence-electron chi connectivity index (χ0n) is 13.4. The van der Waals surface area contributed by atoms with E-state index in [4.69, 9.17) is 14.2 Å². The van der Waals surface area contributed by atoms with Gasteiger partial charge in [0.15, 0.2) is 11.5 Å². The Labute approximate surface area is 134 Å². The van der Waals surface area contributed by atoms with Gasteiger partial charge >= 0.3 is 5.97 Å². The first kappa shape index (κ1) is 17.1. The summed E-state index contributed by atoms with van der Waals surface area (Å²) in [6, 6.07) is 3.99.